The van der Waals surface area contributed by atoms with Gasteiger partial charge < -0.3 is 18.9 Å². The molecule has 0 bridgehead atoms. The van der Waals surface area contributed by atoms with Crippen LogP contribution in [0, 0.1) is 0 Å². The fourth-order valence-electron chi connectivity index (χ4n) is 4.29. The number of rotatable bonds is 9. The Labute approximate surface area is 216 Å². The summed E-state index contributed by atoms with van der Waals surface area (Å²) < 4.78 is 73.6. The monoisotopic (exact) mass is 554 g/mol. The van der Waals surface area contributed by atoms with Crippen molar-refractivity contribution in [3.63, 3.8) is 0 Å². The van der Waals surface area contributed by atoms with Gasteiger partial charge in [0.15, 0.2) is 14.6 Å². The maximum absolute atomic E-state index is 13.6. The van der Waals surface area contributed by atoms with E-state index in [-0.39, 0.29) is 29.2 Å². The molecule has 2 heterocycles. The van der Waals surface area contributed by atoms with Gasteiger partial charge in [0.1, 0.15) is 17.2 Å². The quantitative estimate of drug-likeness (QED) is 0.305. The molecule has 1 fully saturated rings. The Bertz CT molecular complexity index is 1320. The summed E-state index contributed by atoms with van der Waals surface area (Å²) in [5.74, 6) is -0.975. The molecule has 14 heteroatoms. The number of aromatic nitrogens is 2. The average Bonchev–Trinajstić information content (AvgIpc) is 3.42. The fraction of sp³-hybridized carbons (Fsp3) is 0.333. The number of amides is 1. The zero-order valence-electron chi connectivity index (χ0n) is 20.0. The van der Waals surface area contributed by atoms with Gasteiger partial charge >= 0.3 is 6.36 Å². The number of hydrogen-bond acceptors (Lipinski definition) is 8. The number of ether oxygens (including phenoxy) is 2. The third kappa shape index (κ3) is 6.09. The summed E-state index contributed by atoms with van der Waals surface area (Å²) in [5.41, 5.74) is 1.53. The van der Waals surface area contributed by atoms with Gasteiger partial charge in [-0.05, 0) is 61.4 Å². The number of sulfone groups is 1. The Balaban J connectivity index is 1.45. The minimum Gasteiger partial charge on any atom is -0.457 e. The third-order valence-electron chi connectivity index (χ3n) is 6.35. The van der Waals surface area contributed by atoms with Crippen molar-refractivity contribution < 1.29 is 41.1 Å². The lowest BCUT2D eigenvalue weighted by Gasteiger charge is -2.39. The molecule has 10 nitrogen and oxygen atoms in total. The summed E-state index contributed by atoms with van der Waals surface area (Å²) in [6.45, 7) is 1.96. The van der Waals surface area contributed by atoms with E-state index in [1.807, 2.05) is 15.7 Å². The highest BCUT2D eigenvalue weighted by molar-refractivity contribution is 7.93. The van der Waals surface area contributed by atoms with E-state index in [2.05, 4.69) is 9.72 Å². The number of nitrogens with one attached hydrogen (secondary N) is 1. The number of carbonyl (C=O) groups excluding carboxylic acids is 1. The van der Waals surface area contributed by atoms with Crippen molar-refractivity contribution in [2.45, 2.75) is 35.4 Å². The highest BCUT2D eigenvalue weighted by Gasteiger charge is 2.52. The number of hydroxylamine groups is 1. The lowest BCUT2D eigenvalue weighted by Crippen LogP contribution is -2.57. The molecule has 1 saturated heterocycles. The van der Waals surface area contributed by atoms with Crippen molar-refractivity contribution in [2.75, 3.05) is 19.6 Å². The molecule has 204 valence electrons. The molecule has 0 saturated carbocycles. The lowest BCUT2D eigenvalue weighted by atomic mass is 9.95. The molecule has 38 heavy (non-hydrogen) atoms. The number of imidazole rings is 1. The van der Waals surface area contributed by atoms with E-state index in [0.29, 0.717) is 26.2 Å². The largest absolute Gasteiger partial charge is 0.573 e. The summed E-state index contributed by atoms with van der Waals surface area (Å²) in [7, 11) is -4.22. The summed E-state index contributed by atoms with van der Waals surface area (Å²) in [5, 5.41) is 9.37. The summed E-state index contributed by atoms with van der Waals surface area (Å²) in [6.07, 6.45) is 0.321. The Kier molecular flexibility index (Phi) is 7.94. The van der Waals surface area contributed by atoms with E-state index in [4.69, 9.17) is 4.74 Å². The van der Waals surface area contributed by atoms with Gasteiger partial charge in [-0.3, -0.25) is 10.0 Å². The highest BCUT2D eigenvalue weighted by atomic mass is 32.2. The van der Waals surface area contributed by atoms with E-state index in [9.17, 15) is 31.6 Å². The van der Waals surface area contributed by atoms with Gasteiger partial charge in [-0.25, -0.2) is 18.9 Å². The van der Waals surface area contributed by atoms with E-state index < -0.39 is 32.6 Å². The molecule has 0 aliphatic carbocycles. The van der Waals surface area contributed by atoms with Crippen LogP contribution in [0.1, 0.15) is 12.8 Å². The Hall–Kier alpha value is -3.62. The molecule has 1 amide bonds. The van der Waals surface area contributed by atoms with Gasteiger partial charge in [0.2, 0.25) is 0 Å². The number of hydrogen-bond donors (Lipinski definition) is 2. The molecule has 4 rings (SSSR count). The van der Waals surface area contributed by atoms with Crippen molar-refractivity contribution in [1.29, 1.82) is 0 Å². The van der Waals surface area contributed by atoms with Crippen LogP contribution in [0.25, 0.3) is 0 Å². The first-order valence-electron chi connectivity index (χ1n) is 11.5. The second kappa shape index (κ2) is 11.0. The van der Waals surface area contributed by atoms with E-state index >= 15 is 0 Å². The minimum absolute atomic E-state index is 0.0176. The van der Waals surface area contributed by atoms with Crippen LogP contribution in [-0.4, -0.2) is 64.7 Å². The molecule has 1 aliphatic heterocycles. The zero-order chi connectivity index (χ0) is 27.4. The third-order valence-corrected chi connectivity index (χ3v) is 8.87. The van der Waals surface area contributed by atoms with Crippen LogP contribution < -0.4 is 15.0 Å². The van der Waals surface area contributed by atoms with Crippen LogP contribution in [0.3, 0.4) is 0 Å². The van der Waals surface area contributed by atoms with Crippen molar-refractivity contribution in [2.24, 2.45) is 0 Å². The SMILES string of the molecule is O=C(NO)C1(S(=O)(=O)c2ccc(Oc3ccc(OC(F)(F)F)cc3)cc2)CCN(CCn2ccnc2)CC1. The lowest BCUT2D eigenvalue weighted by molar-refractivity contribution is -0.274. The molecule has 0 atom stereocenters. The van der Waals surface area contributed by atoms with Gasteiger partial charge in [0.25, 0.3) is 5.91 Å². The van der Waals surface area contributed by atoms with Crippen LogP contribution in [0.2, 0.25) is 0 Å². The standard InChI is InChI=1S/C24H25F3N4O6S/c25-24(26,27)37-20-3-1-18(2-4-20)36-19-5-7-21(8-6-19)38(34,35)23(22(32)29-33)9-12-30(13-10-23)15-16-31-14-11-28-17-31/h1-8,11,14,17,33H,9-10,12-13,15-16H2,(H,29,32). The highest BCUT2D eigenvalue weighted by Crippen LogP contribution is 2.37. The first-order valence-corrected chi connectivity index (χ1v) is 13.0. The van der Waals surface area contributed by atoms with E-state index in [0.717, 1.165) is 12.1 Å². The number of likely N-dealkylation sites (tertiary alicyclic amines) is 1. The van der Waals surface area contributed by atoms with Gasteiger partial charge in [-0.1, -0.05) is 0 Å². The first kappa shape index (κ1) is 27.4. The molecular formula is C24H25F3N4O6S. The number of piperidine rings is 1. The van der Waals surface area contributed by atoms with Gasteiger partial charge in [-0.2, -0.15) is 0 Å². The Morgan fingerprint density at radius 1 is 1.00 bits per heavy atom. The second-order valence-electron chi connectivity index (χ2n) is 8.67. The summed E-state index contributed by atoms with van der Waals surface area (Å²) >= 11 is 0. The number of nitrogens with zero attached hydrogens (tertiary/aromatic N) is 3. The molecule has 1 aliphatic rings. The van der Waals surface area contributed by atoms with Crippen LogP contribution >= 0.6 is 0 Å². The van der Waals surface area contributed by atoms with Crippen molar-refractivity contribution in [1.82, 2.24) is 19.9 Å². The van der Waals surface area contributed by atoms with Gasteiger partial charge in [0, 0.05) is 38.6 Å². The minimum atomic E-state index is -4.81. The number of carbonyl (C=O) groups is 1. The maximum atomic E-state index is 13.6. The van der Waals surface area contributed by atoms with Crippen molar-refractivity contribution >= 4 is 15.7 Å². The van der Waals surface area contributed by atoms with Gasteiger partial charge in [0.05, 0.1) is 11.2 Å². The molecular weight excluding hydrogens is 529 g/mol. The summed E-state index contributed by atoms with van der Waals surface area (Å²) in [6, 6.07) is 10.0. The van der Waals surface area contributed by atoms with E-state index in [1.54, 1.807) is 12.5 Å². The molecule has 0 unspecified atom stereocenters. The normalized spacial score (nSPS) is 16.1. The van der Waals surface area contributed by atoms with Crippen LogP contribution in [0.4, 0.5) is 13.2 Å². The van der Waals surface area contributed by atoms with Crippen molar-refractivity contribution in [3.8, 4) is 17.2 Å². The predicted octanol–water partition coefficient (Wildman–Crippen LogP) is 3.39. The summed E-state index contributed by atoms with van der Waals surface area (Å²) in [4.78, 5) is 18.6. The predicted molar refractivity (Wildman–Crippen MR) is 127 cm³/mol. The molecule has 1 aromatic heterocycles. The first-order chi connectivity index (χ1) is 18.0. The van der Waals surface area contributed by atoms with Crippen LogP contribution in [-0.2, 0) is 21.2 Å². The van der Waals surface area contributed by atoms with E-state index in [1.165, 1.54) is 41.9 Å². The zero-order valence-corrected chi connectivity index (χ0v) is 20.8. The van der Waals surface area contributed by atoms with Crippen molar-refractivity contribution in [3.05, 3.63) is 67.3 Å². The van der Waals surface area contributed by atoms with Crippen LogP contribution in [0.5, 0.6) is 17.2 Å². The van der Waals surface area contributed by atoms with Gasteiger partial charge in [-0.15, -0.1) is 13.2 Å². The number of halogens is 3. The second-order valence-corrected chi connectivity index (χ2v) is 10.9. The maximum Gasteiger partial charge on any atom is 0.573 e. The smallest absolute Gasteiger partial charge is 0.457 e. The Morgan fingerprint density at radius 3 is 2.11 bits per heavy atom. The molecule has 2 aromatic carbocycles. The molecule has 0 radical (unpaired) electrons. The molecule has 0 spiro atoms. The molecule has 2 N–H and O–H groups in total. The average molecular weight is 555 g/mol. The molecule has 3 aromatic rings. The topological polar surface area (TPSA) is 123 Å². The number of benzene rings is 2. The fourth-order valence-corrected chi connectivity index (χ4v) is 6.25. The number of alkyl halides is 3. The Morgan fingerprint density at radius 2 is 1.58 bits per heavy atom. The van der Waals surface area contributed by atoms with Crippen LogP contribution in [0.15, 0.2) is 72.1 Å².